The van der Waals surface area contributed by atoms with E-state index in [1.807, 2.05) is 31.5 Å². The molecule has 0 aliphatic heterocycles. The van der Waals surface area contributed by atoms with Crippen molar-refractivity contribution >= 4 is 16.9 Å². The Morgan fingerprint density at radius 1 is 1.29 bits per heavy atom. The first-order valence-corrected chi connectivity index (χ1v) is 10.2. The van der Waals surface area contributed by atoms with Crippen LogP contribution in [0, 0.1) is 29.9 Å². The van der Waals surface area contributed by atoms with Crippen LogP contribution in [0.2, 0.25) is 0 Å². The Morgan fingerprint density at radius 3 is 2.58 bits per heavy atom. The molecule has 0 radical (unpaired) electrons. The second-order valence-electron chi connectivity index (χ2n) is 8.94. The highest BCUT2D eigenvalue weighted by Crippen LogP contribution is 2.41. The molecule has 31 heavy (non-hydrogen) atoms. The molecule has 2 heterocycles. The Morgan fingerprint density at radius 2 is 2.00 bits per heavy atom. The van der Waals surface area contributed by atoms with Gasteiger partial charge in [0.25, 0.3) is 5.91 Å². The van der Waals surface area contributed by atoms with Gasteiger partial charge in [0, 0.05) is 23.2 Å². The van der Waals surface area contributed by atoms with Crippen molar-refractivity contribution < 1.29 is 13.6 Å². The van der Waals surface area contributed by atoms with Gasteiger partial charge in [-0.3, -0.25) is 4.79 Å². The fraction of sp³-hybridized carbons (Fsp3) is 0.391. The van der Waals surface area contributed by atoms with Crippen LogP contribution in [0.15, 0.2) is 24.3 Å². The van der Waals surface area contributed by atoms with Crippen LogP contribution in [-0.4, -0.2) is 20.7 Å². The van der Waals surface area contributed by atoms with Crippen molar-refractivity contribution in [3.63, 3.8) is 0 Å². The predicted molar refractivity (Wildman–Crippen MR) is 111 cm³/mol. The summed E-state index contributed by atoms with van der Waals surface area (Å²) in [5.74, 6) is -1.87. The SMILES string of the molecule is Cc1nn(C(C)(C)C)c2nc(C3CC3)cc(C(=O)NC(C#N)c3ccc(F)cc3F)c12. The number of aromatic nitrogens is 3. The highest BCUT2D eigenvalue weighted by Gasteiger charge is 2.31. The Kier molecular flexibility index (Phi) is 5.00. The molecule has 1 N–H and O–H groups in total. The molecular formula is C23H23F2N5O. The molecule has 1 aliphatic rings. The van der Waals surface area contributed by atoms with Crippen LogP contribution in [0.3, 0.4) is 0 Å². The fourth-order valence-corrected chi connectivity index (χ4v) is 3.67. The van der Waals surface area contributed by atoms with Crippen molar-refractivity contribution in [2.75, 3.05) is 0 Å². The Hall–Kier alpha value is -3.34. The number of hydrogen-bond acceptors (Lipinski definition) is 4. The summed E-state index contributed by atoms with van der Waals surface area (Å²) >= 11 is 0. The number of benzene rings is 1. The average Bonchev–Trinajstić information content (AvgIpc) is 3.48. The van der Waals surface area contributed by atoms with Gasteiger partial charge in [0.1, 0.15) is 17.7 Å². The molecule has 1 fully saturated rings. The first kappa shape index (κ1) is 20.9. The zero-order valence-corrected chi connectivity index (χ0v) is 17.8. The number of nitrogens with zero attached hydrogens (tertiary/aromatic N) is 4. The van der Waals surface area contributed by atoms with Gasteiger partial charge in [0.2, 0.25) is 0 Å². The van der Waals surface area contributed by atoms with Crippen LogP contribution in [0.1, 0.15) is 72.9 Å². The largest absolute Gasteiger partial charge is 0.332 e. The van der Waals surface area contributed by atoms with E-state index in [1.165, 1.54) is 6.07 Å². The Labute approximate surface area is 178 Å². The lowest BCUT2D eigenvalue weighted by Crippen LogP contribution is -2.29. The molecular weight excluding hydrogens is 400 g/mol. The Balaban J connectivity index is 1.80. The van der Waals surface area contributed by atoms with E-state index in [2.05, 4.69) is 10.4 Å². The number of aryl methyl sites for hydroxylation is 1. The van der Waals surface area contributed by atoms with E-state index in [4.69, 9.17) is 4.98 Å². The minimum atomic E-state index is -1.27. The molecule has 8 heteroatoms. The number of carbonyl (C=O) groups is 1. The van der Waals surface area contributed by atoms with E-state index in [-0.39, 0.29) is 11.1 Å². The number of halogens is 2. The second kappa shape index (κ2) is 7.41. The number of amides is 1. The average molecular weight is 423 g/mol. The molecule has 4 rings (SSSR count). The molecule has 0 saturated heterocycles. The molecule has 1 unspecified atom stereocenters. The minimum absolute atomic E-state index is 0.0907. The zero-order valence-electron chi connectivity index (χ0n) is 17.8. The highest BCUT2D eigenvalue weighted by atomic mass is 19.1. The van der Waals surface area contributed by atoms with Crippen molar-refractivity contribution in [3.8, 4) is 6.07 Å². The molecule has 1 atom stereocenters. The van der Waals surface area contributed by atoms with Crippen LogP contribution < -0.4 is 5.32 Å². The predicted octanol–water partition coefficient (Wildman–Crippen LogP) is 4.65. The van der Waals surface area contributed by atoms with E-state index < -0.39 is 23.6 Å². The summed E-state index contributed by atoms with van der Waals surface area (Å²) in [4.78, 5) is 18.1. The van der Waals surface area contributed by atoms with E-state index in [1.54, 1.807) is 13.0 Å². The summed E-state index contributed by atoms with van der Waals surface area (Å²) < 4.78 is 29.3. The van der Waals surface area contributed by atoms with Crippen molar-refractivity contribution in [2.45, 2.75) is 58.0 Å². The first-order valence-electron chi connectivity index (χ1n) is 10.2. The molecule has 0 bridgehead atoms. The number of nitrogens with one attached hydrogen (secondary N) is 1. The van der Waals surface area contributed by atoms with Gasteiger partial charge in [-0.05, 0) is 52.7 Å². The fourth-order valence-electron chi connectivity index (χ4n) is 3.67. The third-order valence-corrected chi connectivity index (χ3v) is 5.39. The van der Waals surface area contributed by atoms with Gasteiger partial charge in [0.15, 0.2) is 5.65 Å². The van der Waals surface area contributed by atoms with E-state index in [0.29, 0.717) is 34.3 Å². The maximum atomic E-state index is 14.2. The van der Waals surface area contributed by atoms with Crippen molar-refractivity contribution in [3.05, 3.63) is 58.4 Å². The topological polar surface area (TPSA) is 83.6 Å². The highest BCUT2D eigenvalue weighted by molar-refractivity contribution is 6.07. The number of nitriles is 1. The third-order valence-electron chi connectivity index (χ3n) is 5.39. The van der Waals surface area contributed by atoms with E-state index >= 15 is 0 Å². The number of rotatable bonds is 4. The lowest BCUT2D eigenvalue weighted by molar-refractivity contribution is 0.0946. The van der Waals surface area contributed by atoms with Crippen LogP contribution in [0.5, 0.6) is 0 Å². The van der Waals surface area contributed by atoms with Gasteiger partial charge in [0.05, 0.1) is 28.3 Å². The normalized spacial score (nSPS) is 15.0. The molecule has 0 spiro atoms. The van der Waals surface area contributed by atoms with Crippen molar-refractivity contribution in [1.29, 1.82) is 5.26 Å². The van der Waals surface area contributed by atoms with Gasteiger partial charge in [-0.1, -0.05) is 6.07 Å². The minimum Gasteiger partial charge on any atom is -0.332 e. The smallest absolute Gasteiger partial charge is 0.253 e. The molecule has 1 amide bonds. The van der Waals surface area contributed by atoms with E-state index in [9.17, 15) is 18.8 Å². The summed E-state index contributed by atoms with van der Waals surface area (Å²) in [5.41, 5.74) is 1.98. The van der Waals surface area contributed by atoms with Crippen LogP contribution in [0.4, 0.5) is 8.78 Å². The van der Waals surface area contributed by atoms with Crippen LogP contribution in [-0.2, 0) is 5.54 Å². The molecule has 6 nitrogen and oxygen atoms in total. The standard InChI is InChI=1S/C23H23F2N5O/c1-12-20-16(22(31)28-19(11-26)15-8-7-14(24)9-17(15)25)10-18(13-5-6-13)27-21(20)30(29-12)23(2,3)4/h7-10,13,19H,5-6H2,1-4H3,(H,28,31). The molecule has 1 aliphatic carbocycles. The lowest BCUT2D eigenvalue weighted by Gasteiger charge is -2.20. The molecule has 2 aromatic heterocycles. The quantitative estimate of drug-likeness (QED) is 0.662. The monoisotopic (exact) mass is 423 g/mol. The maximum absolute atomic E-state index is 14.2. The third kappa shape index (κ3) is 3.88. The molecule has 1 aromatic carbocycles. The van der Waals surface area contributed by atoms with Crippen LogP contribution in [0.25, 0.3) is 11.0 Å². The van der Waals surface area contributed by atoms with Gasteiger partial charge < -0.3 is 5.32 Å². The van der Waals surface area contributed by atoms with Gasteiger partial charge in [-0.25, -0.2) is 18.4 Å². The summed E-state index contributed by atoms with van der Waals surface area (Å²) in [6, 6.07) is 5.29. The molecule has 1 saturated carbocycles. The zero-order chi connectivity index (χ0) is 22.5. The summed E-state index contributed by atoms with van der Waals surface area (Å²) in [6.45, 7) is 7.83. The van der Waals surface area contributed by atoms with Crippen molar-refractivity contribution in [2.24, 2.45) is 0 Å². The van der Waals surface area contributed by atoms with Crippen LogP contribution >= 0.6 is 0 Å². The molecule has 160 valence electrons. The van der Waals surface area contributed by atoms with Gasteiger partial charge in [-0.2, -0.15) is 10.4 Å². The number of hydrogen-bond donors (Lipinski definition) is 1. The van der Waals surface area contributed by atoms with Gasteiger partial charge in [-0.15, -0.1) is 0 Å². The maximum Gasteiger partial charge on any atom is 0.253 e. The summed E-state index contributed by atoms with van der Waals surface area (Å²) in [5, 5.41) is 17.4. The van der Waals surface area contributed by atoms with Gasteiger partial charge >= 0.3 is 0 Å². The Bertz CT molecular complexity index is 1230. The van der Waals surface area contributed by atoms with Crippen molar-refractivity contribution in [1.82, 2.24) is 20.1 Å². The number of carbonyl (C=O) groups excluding carboxylic acids is 1. The lowest BCUT2D eigenvalue weighted by atomic mass is 10.0. The molecule has 3 aromatic rings. The summed E-state index contributed by atoms with van der Waals surface area (Å²) in [6.07, 6.45) is 2.01. The second-order valence-corrected chi connectivity index (χ2v) is 8.94. The number of pyridine rings is 1. The number of fused-ring (bicyclic) bond motifs is 1. The van der Waals surface area contributed by atoms with E-state index in [0.717, 1.165) is 24.6 Å². The first-order chi connectivity index (χ1) is 14.6. The summed E-state index contributed by atoms with van der Waals surface area (Å²) in [7, 11) is 0.